The van der Waals surface area contributed by atoms with Gasteiger partial charge < -0.3 is 19.3 Å². The van der Waals surface area contributed by atoms with Crippen LogP contribution in [0, 0.1) is 6.92 Å². The Morgan fingerprint density at radius 1 is 1.08 bits per heavy atom. The third-order valence-corrected chi connectivity index (χ3v) is 4.50. The van der Waals surface area contributed by atoms with E-state index in [9.17, 15) is 4.79 Å². The van der Waals surface area contributed by atoms with Gasteiger partial charge in [0.15, 0.2) is 0 Å². The second kappa shape index (κ2) is 8.03. The molecule has 2 heterocycles. The highest BCUT2D eigenvalue weighted by Gasteiger charge is 2.23. The number of piperazine rings is 1. The van der Waals surface area contributed by atoms with Gasteiger partial charge in [-0.25, -0.2) is 4.98 Å². The first-order valence-electron chi connectivity index (χ1n) is 8.65. The van der Waals surface area contributed by atoms with Crippen molar-refractivity contribution in [1.82, 2.24) is 14.9 Å². The van der Waals surface area contributed by atoms with Crippen molar-refractivity contribution >= 4 is 11.7 Å². The average molecular weight is 356 g/mol. The van der Waals surface area contributed by atoms with Crippen LogP contribution in [0.1, 0.15) is 11.4 Å². The summed E-state index contributed by atoms with van der Waals surface area (Å²) in [7, 11) is 3.22. The minimum Gasteiger partial charge on any atom is -0.496 e. The standard InChI is InChI=1S/C19H24N4O3/c1-14-20-17(13-18(21-14)26-3)22-8-10-23(11-9-22)19(24)12-15-6-4-5-7-16(15)25-2/h4-7,13H,8-12H2,1-3H3. The normalized spacial score (nSPS) is 14.3. The van der Waals surface area contributed by atoms with E-state index in [1.54, 1.807) is 14.2 Å². The first-order valence-corrected chi connectivity index (χ1v) is 8.65. The van der Waals surface area contributed by atoms with E-state index in [0.29, 0.717) is 31.2 Å². The molecule has 0 unspecified atom stereocenters. The summed E-state index contributed by atoms with van der Waals surface area (Å²) in [5.41, 5.74) is 0.915. The van der Waals surface area contributed by atoms with Crippen LogP contribution in [-0.4, -0.2) is 61.2 Å². The fraction of sp³-hybridized carbons (Fsp3) is 0.421. The number of anilines is 1. The largest absolute Gasteiger partial charge is 0.496 e. The summed E-state index contributed by atoms with van der Waals surface area (Å²) in [6, 6.07) is 9.48. The van der Waals surface area contributed by atoms with Crippen molar-refractivity contribution in [2.75, 3.05) is 45.3 Å². The van der Waals surface area contributed by atoms with Crippen LogP contribution in [0.3, 0.4) is 0 Å². The zero-order chi connectivity index (χ0) is 18.5. The number of para-hydroxylation sites is 1. The lowest BCUT2D eigenvalue weighted by Crippen LogP contribution is -2.49. The van der Waals surface area contributed by atoms with Crippen LogP contribution in [0.2, 0.25) is 0 Å². The van der Waals surface area contributed by atoms with Crippen molar-refractivity contribution in [3.05, 3.63) is 41.7 Å². The Bertz CT molecular complexity index is 773. The zero-order valence-electron chi connectivity index (χ0n) is 15.4. The predicted molar refractivity (Wildman–Crippen MR) is 98.8 cm³/mol. The smallest absolute Gasteiger partial charge is 0.227 e. The van der Waals surface area contributed by atoms with Gasteiger partial charge in [-0.15, -0.1) is 0 Å². The number of aromatic nitrogens is 2. The fourth-order valence-electron chi connectivity index (χ4n) is 3.10. The Morgan fingerprint density at radius 2 is 1.81 bits per heavy atom. The van der Waals surface area contributed by atoms with E-state index in [1.807, 2.05) is 42.2 Å². The van der Waals surface area contributed by atoms with Gasteiger partial charge in [0, 0.05) is 37.8 Å². The SMILES string of the molecule is COc1cc(N2CCN(C(=O)Cc3ccccc3OC)CC2)nc(C)n1. The lowest BCUT2D eigenvalue weighted by atomic mass is 10.1. The molecule has 1 aliphatic rings. The minimum atomic E-state index is 0.116. The first-order chi connectivity index (χ1) is 12.6. The van der Waals surface area contributed by atoms with E-state index < -0.39 is 0 Å². The maximum Gasteiger partial charge on any atom is 0.227 e. The number of benzene rings is 1. The summed E-state index contributed by atoms with van der Waals surface area (Å²) in [5, 5.41) is 0. The maximum absolute atomic E-state index is 12.6. The predicted octanol–water partition coefficient (Wildman–Crippen LogP) is 1.69. The molecule has 0 saturated carbocycles. The van der Waals surface area contributed by atoms with Gasteiger partial charge in [-0.05, 0) is 13.0 Å². The monoisotopic (exact) mass is 356 g/mol. The van der Waals surface area contributed by atoms with Crippen LogP contribution in [-0.2, 0) is 11.2 Å². The lowest BCUT2D eigenvalue weighted by molar-refractivity contribution is -0.130. The molecule has 1 aromatic carbocycles. The molecule has 1 saturated heterocycles. The number of hydrogen-bond acceptors (Lipinski definition) is 6. The molecule has 1 fully saturated rings. The molecular formula is C19H24N4O3. The molecule has 0 atom stereocenters. The van der Waals surface area contributed by atoms with Gasteiger partial charge in [0.25, 0.3) is 0 Å². The summed E-state index contributed by atoms with van der Waals surface area (Å²) in [4.78, 5) is 25.4. The molecule has 3 rings (SSSR count). The molecule has 0 radical (unpaired) electrons. The van der Waals surface area contributed by atoms with E-state index >= 15 is 0 Å². The Labute approximate surface area is 153 Å². The summed E-state index contributed by atoms with van der Waals surface area (Å²) < 4.78 is 10.6. The number of nitrogens with zero attached hydrogens (tertiary/aromatic N) is 4. The van der Waals surface area contributed by atoms with Gasteiger partial charge in [-0.2, -0.15) is 4.98 Å². The topological polar surface area (TPSA) is 67.8 Å². The van der Waals surface area contributed by atoms with Gasteiger partial charge in [0.1, 0.15) is 17.4 Å². The number of carbonyl (C=O) groups excluding carboxylic acids is 1. The third kappa shape index (κ3) is 4.04. The van der Waals surface area contributed by atoms with E-state index in [1.165, 1.54) is 0 Å². The first kappa shape index (κ1) is 18.0. The molecule has 0 bridgehead atoms. The number of amides is 1. The van der Waals surface area contributed by atoms with Gasteiger partial charge in [0.05, 0.1) is 20.6 Å². The van der Waals surface area contributed by atoms with Crippen molar-refractivity contribution in [2.45, 2.75) is 13.3 Å². The molecule has 7 heteroatoms. The van der Waals surface area contributed by atoms with Gasteiger partial charge in [-0.1, -0.05) is 18.2 Å². The third-order valence-electron chi connectivity index (χ3n) is 4.50. The number of rotatable bonds is 5. The van der Waals surface area contributed by atoms with Crippen LogP contribution in [0.25, 0.3) is 0 Å². The molecule has 0 N–H and O–H groups in total. The highest BCUT2D eigenvalue weighted by atomic mass is 16.5. The molecular weight excluding hydrogens is 332 g/mol. The highest BCUT2D eigenvalue weighted by Crippen LogP contribution is 2.21. The Hall–Kier alpha value is -2.83. The second-order valence-electron chi connectivity index (χ2n) is 6.17. The fourth-order valence-corrected chi connectivity index (χ4v) is 3.10. The zero-order valence-corrected chi connectivity index (χ0v) is 15.4. The van der Waals surface area contributed by atoms with E-state index in [0.717, 1.165) is 30.2 Å². The summed E-state index contributed by atoms with van der Waals surface area (Å²) >= 11 is 0. The quantitative estimate of drug-likeness (QED) is 0.812. The van der Waals surface area contributed by atoms with E-state index in [4.69, 9.17) is 9.47 Å². The number of aryl methyl sites for hydroxylation is 1. The van der Waals surface area contributed by atoms with Crippen molar-refractivity contribution in [1.29, 1.82) is 0 Å². The highest BCUT2D eigenvalue weighted by molar-refractivity contribution is 5.79. The molecule has 2 aromatic rings. The number of hydrogen-bond donors (Lipinski definition) is 0. The molecule has 1 aromatic heterocycles. The van der Waals surface area contributed by atoms with Gasteiger partial charge in [-0.3, -0.25) is 4.79 Å². The Balaban J connectivity index is 1.61. The molecule has 1 amide bonds. The molecule has 0 aliphatic carbocycles. The summed E-state index contributed by atoms with van der Waals surface area (Å²) in [6.45, 7) is 4.65. The summed E-state index contributed by atoms with van der Waals surface area (Å²) in [5.74, 6) is 2.94. The number of carbonyl (C=O) groups is 1. The van der Waals surface area contributed by atoms with Crippen LogP contribution in [0.4, 0.5) is 5.82 Å². The Morgan fingerprint density at radius 3 is 2.50 bits per heavy atom. The van der Waals surface area contributed by atoms with Crippen molar-refractivity contribution in [2.24, 2.45) is 0 Å². The van der Waals surface area contributed by atoms with Crippen molar-refractivity contribution in [3.63, 3.8) is 0 Å². The van der Waals surface area contributed by atoms with E-state index in [2.05, 4.69) is 14.9 Å². The van der Waals surface area contributed by atoms with Crippen LogP contribution in [0.5, 0.6) is 11.6 Å². The maximum atomic E-state index is 12.6. The van der Waals surface area contributed by atoms with Gasteiger partial charge >= 0.3 is 0 Å². The van der Waals surface area contributed by atoms with Crippen molar-refractivity contribution < 1.29 is 14.3 Å². The van der Waals surface area contributed by atoms with Crippen LogP contribution in [0.15, 0.2) is 30.3 Å². The minimum absolute atomic E-state index is 0.116. The van der Waals surface area contributed by atoms with Gasteiger partial charge in [0.2, 0.25) is 11.8 Å². The van der Waals surface area contributed by atoms with E-state index in [-0.39, 0.29) is 5.91 Å². The number of methoxy groups -OCH3 is 2. The number of ether oxygens (including phenoxy) is 2. The van der Waals surface area contributed by atoms with Crippen molar-refractivity contribution in [3.8, 4) is 11.6 Å². The van der Waals surface area contributed by atoms with Crippen LogP contribution >= 0.6 is 0 Å². The average Bonchev–Trinajstić information content (AvgIpc) is 2.68. The lowest BCUT2D eigenvalue weighted by Gasteiger charge is -2.35. The van der Waals surface area contributed by atoms with Crippen LogP contribution < -0.4 is 14.4 Å². The molecule has 26 heavy (non-hydrogen) atoms. The second-order valence-corrected chi connectivity index (χ2v) is 6.17. The Kier molecular flexibility index (Phi) is 5.55. The molecule has 138 valence electrons. The molecule has 1 aliphatic heterocycles. The molecule has 7 nitrogen and oxygen atoms in total. The molecule has 0 spiro atoms. The summed E-state index contributed by atoms with van der Waals surface area (Å²) in [6.07, 6.45) is 0.352.